The van der Waals surface area contributed by atoms with Gasteiger partial charge in [0.1, 0.15) is 11.5 Å². The second-order valence-corrected chi connectivity index (χ2v) is 5.35. The summed E-state index contributed by atoms with van der Waals surface area (Å²) in [5.41, 5.74) is 1.81. The zero-order valence-electron chi connectivity index (χ0n) is 13.2. The van der Waals surface area contributed by atoms with Crippen LogP contribution in [0.15, 0.2) is 36.5 Å². The Bertz CT molecular complexity index is 727. The Hall–Kier alpha value is -2.76. The van der Waals surface area contributed by atoms with Crippen molar-refractivity contribution in [2.24, 2.45) is 0 Å². The van der Waals surface area contributed by atoms with E-state index in [-0.39, 0.29) is 11.9 Å². The summed E-state index contributed by atoms with van der Waals surface area (Å²) >= 11 is 0. The van der Waals surface area contributed by atoms with E-state index in [1.54, 1.807) is 12.1 Å². The molecule has 2 aromatic rings. The van der Waals surface area contributed by atoms with Crippen molar-refractivity contribution in [3.63, 3.8) is 0 Å². The predicted molar refractivity (Wildman–Crippen MR) is 87.6 cm³/mol. The number of benzene rings is 1. The quantitative estimate of drug-likeness (QED) is 0.858. The molecular weight excluding hydrogens is 297 g/mol. The van der Waals surface area contributed by atoms with Crippen molar-refractivity contribution in [2.45, 2.75) is 19.9 Å². The van der Waals surface area contributed by atoms with Crippen molar-refractivity contribution < 1.29 is 14.3 Å². The fraction of sp³-hybridized carbons (Fsp3) is 0.235. The molecule has 0 unspecified atom stereocenters. The van der Waals surface area contributed by atoms with Crippen LogP contribution in [-0.4, -0.2) is 34.1 Å². The Balaban J connectivity index is 2.52. The van der Waals surface area contributed by atoms with Crippen LogP contribution in [0.3, 0.4) is 0 Å². The van der Waals surface area contributed by atoms with Crippen LogP contribution in [0.25, 0.3) is 17.3 Å². The normalized spacial score (nSPS) is 11.2. The Morgan fingerprint density at radius 1 is 1.30 bits per heavy atom. The first-order valence-electron chi connectivity index (χ1n) is 7.15. The second kappa shape index (κ2) is 7.00. The smallest absolute Gasteiger partial charge is 0.328 e. The van der Waals surface area contributed by atoms with Crippen LogP contribution in [0.5, 0.6) is 0 Å². The molecular formula is C17H18FN3O2. The summed E-state index contributed by atoms with van der Waals surface area (Å²) in [6.45, 7) is 4.02. The van der Waals surface area contributed by atoms with Gasteiger partial charge in [0.2, 0.25) is 0 Å². The number of anilines is 1. The predicted octanol–water partition coefficient (Wildman–Crippen LogP) is 3.23. The maximum atomic E-state index is 13.1. The van der Waals surface area contributed by atoms with Crippen molar-refractivity contribution in [2.75, 3.05) is 11.9 Å². The van der Waals surface area contributed by atoms with Gasteiger partial charge in [0, 0.05) is 24.7 Å². The van der Waals surface area contributed by atoms with E-state index in [2.05, 4.69) is 9.97 Å². The summed E-state index contributed by atoms with van der Waals surface area (Å²) < 4.78 is 13.1. The lowest BCUT2D eigenvalue weighted by Crippen LogP contribution is -2.27. The molecule has 0 aliphatic heterocycles. The molecule has 120 valence electrons. The third-order valence-electron chi connectivity index (χ3n) is 3.40. The highest BCUT2D eigenvalue weighted by atomic mass is 19.1. The van der Waals surface area contributed by atoms with Gasteiger partial charge in [0.15, 0.2) is 5.82 Å². The van der Waals surface area contributed by atoms with Gasteiger partial charge in [-0.05, 0) is 44.2 Å². The van der Waals surface area contributed by atoms with Crippen LogP contribution in [0.2, 0.25) is 0 Å². The first-order chi connectivity index (χ1) is 10.9. The van der Waals surface area contributed by atoms with Crippen LogP contribution in [0.1, 0.15) is 19.5 Å². The molecule has 0 aliphatic carbocycles. The minimum absolute atomic E-state index is 0.169. The summed E-state index contributed by atoms with van der Waals surface area (Å²) in [4.78, 5) is 21.4. The van der Waals surface area contributed by atoms with Crippen LogP contribution in [0, 0.1) is 5.82 Å². The fourth-order valence-corrected chi connectivity index (χ4v) is 1.93. The zero-order chi connectivity index (χ0) is 17.0. The molecule has 0 aliphatic rings. The third kappa shape index (κ3) is 4.12. The molecule has 5 nitrogen and oxygen atoms in total. The molecule has 6 heteroatoms. The largest absolute Gasteiger partial charge is 0.478 e. The Labute approximate surface area is 134 Å². The van der Waals surface area contributed by atoms with E-state index in [1.165, 1.54) is 24.4 Å². The standard InChI is InChI=1S/C17H18FN3O2/c1-11(2)21(3)17-16(12-4-6-13(18)7-5-12)19-10-14(20-17)8-9-15(22)23/h4-11H,1-3H3,(H,22,23)/b9-8+. The number of hydrogen-bond acceptors (Lipinski definition) is 4. The van der Waals surface area contributed by atoms with E-state index in [0.717, 1.165) is 11.6 Å². The molecule has 0 fully saturated rings. The van der Waals surface area contributed by atoms with E-state index in [9.17, 15) is 9.18 Å². The number of carboxylic acids is 1. The van der Waals surface area contributed by atoms with Crippen molar-refractivity contribution in [1.82, 2.24) is 9.97 Å². The number of aromatic nitrogens is 2. The van der Waals surface area contributed by atoms with Crippen LogP contribution in [-0.2, 0) is 4.79 Å². The number of carbonyl (C=O) groups is 1. The van der Waals surface area contributed by atoms with Crippen LogP contribution in [0.4, 0.5) is 10.2 Å². The number of halogens is 1. The Kier molecular flexibility index (Phi) is 5.05. The minimum atomic E-state index is -1.05. The highest BCUT2D eigenvalue weighted by Crippen LogP contribution is 2.28. The van der Waals surface area contributed by atoms with Gasteiger partial charge in [-0.15, -0.1) is 0 Å². The maximum absolute atomic E-state index is 13.1. The van der Waals surface area contributed by atoms with Crippen LogP contribution >= 0.6 is 0 Å². The number of carboxylic acid groups (broad SMARTS) is 1. The average molecular weight is 315 g/mol. The van der Waals surface area contributed by atoms with Gasteiger partial charge in [-0.25, -0.2) is 14.2 Å². The topological polar surface area (TPSA) is 66.3 Å². The molecule has 23 heavy (non-hydrogen) atoms. The molecule has 2 rings (SSSR count). The molecule has 0 radical (unpaired) electrons. The summed E-state index contributed by atoms with van der Waals surface area (Å²) in [6.07, 6.45) is 3.90. The SMILES string of the molecule is CC(C)N(C)c1nc(/C=C/C(=O)O)cnc1-c1ccc(F)cc1. The molecule has 1 N–H and O–H groups in total. The van der Waals surface area contributed by atoms with E-state index in [1.807, 2.05) is 25.8 Å². The molecule has 1 heterocycles. The van der Waals surface area contributed by atoms with Crippen molar-refractivity contribution in [1.29, 1.82) is 0 Å². The molecule has 0 spiro atoms. The lowest BCUT2D eigenvalue weighted by Gasteiger charge is -2.24. The molecule has 0 bridgehead atoms. The summed E-state index contributed by atoms with van der Waals surface area (Å²) in [7, 11) is 1.88. The molecule has 1 aromatic heterocycles. The van der Waals surface area contributed by atoms with Crippen LogP contribution < -0.4 is 4.90 Å². The first-order valence-corrected chi connectivity index (χ1v) is 7.15. The van der Waals surface area contributed by atoms with Crippen molar-refractivity contribution >= 4 is 17.9 Å². The molecule has 0 atom stereocenters. The maximum Gasteiger partial charge on any atom is 0.328 e. The molecule has 0 saturated heterocycles. The third-order valence-corrected chi connectivity index (χ3v) is 3.40. The molecule has 1 aromatic carbocycles. The number of aliphatic carboxylic acids is 1. The van der Waals surface area contributed by atoms with Gasteiger partial charge in [-0.1, -0.05) is 0 Å². The van der Waals surface area contributed by atoms with Gasteiger partial charge in [-0.3, -0.25) is 4.98 Å². The summed E-state index contributed by atoms with van der Waals surface area (Å²) in [5.74, 6) is -0.756. The van der Waals surface area contributed by atoms with E-state index < -0.39 is 5.97 Å². The molecule has 0 saturated carbocycles. The van der Waals surface area contributed by atoms with Gasteiger partial charge < -0.3 is 10.0 Å². The Morgan fingerprint density at radius 3 is 2.52 bits per heavy atom. The highest BCUT2D eigenvalue weighted by Gasteiger charge is 2.15. The van der Waals surface area contributed by atoms with Crippen molar-refractivity contribution in [3.8, 4) is 11.3 Å². The van der Waals surface area contributed by atoms with Gasteiger partial charge in [0.25, 0.3) is 0 Å². The zero-order valence-corrected chi connectivity index (χ0v) is 13.2. The number of nitrogens with zero attached hydrogens (tertiary/aromatic N) is 3. The second-order valence-electron chi connectivity index (χ2n) is 5.35. The van der Waals surface area contributed by atoms with E-state index in [0.29, 0.717) is 17.2 Å². The molecule has 0 amide bonds. The van der Waals surface area contributed by atoms with Crippen molar-refractivity contribution in [3.05, 3.63) is 48.0 Å². The monoisotopic (exact) mass is 315 g/mol. The van der Waals surface area contributed by atoms with E-state index >= 15 is 0 Å². The van der Waals surface area contributed by atoms with Gasteiger partial charge in [-0.2, -0.15) is 0 Å². The average Bonchev–Trinajstić information content (AvgIpc) is 2.52. The summed E-state index contributed by atoms with van der Waals surface area (Å²) in [5, 5.41) is 8.72. The Morgan fingerprint density at radius 2 is 1.96 bits per heavy atom. The van der Waals surface area contributed by atoms with Gasteiger partial charge >= 0.3 is 5.97 Å². The first kappa shape index (κ1) is 16.6. The minimum Gasteiger partial charge on any atom is -0.478 e. The number of rotatable bonds is 5. The van der Waals surface area contributed by atoms with Gasteiger partial charge in [0.05, 0.1) is 11.9 Å². The highest BCUT2D eigenvalue weighted by molar-refractivity contribution is 5.85. The van der Waals surface area contributed by atoms with E-state index in [4.69, 9.17) is 5.11 Å². The lowest BCUT2D eigenvalue weighted by atomic mass is 10.1. The number of hydrogen-bond donors (Lipinski definition) is 1. The fourth-order valence-electron chi connectivity index (χ4n) is 1.93. The lowest BCUT2D eigenvalue weighted by molar-refractivity contribution is -0.131. The summed E-state index contributed by atoms with van der Waals surface area (Å²) in [6, 6.07) is 6.19.